The number of ether oxygens (including phenoxy) is 1. The quantitative estimate of drug-likeness (QED) is 0.340. The number of aliphatic imine (C=N–C) groups is 1. The second kappa shape index (κ2) is 11.5. The fourth-order valence-corrected chi connectivity index (χ4v) is 5.07. The predicted octanol–water partition coefficient (Wildman–Crippen LogP) is 6.25. The van der Waals surface area contributed by atoms with Crippen LogP contribution in [0.1, 0.15) is 43.7 Å². The number of carbonyl (C=O) groups is 1. The van der Waals surface area contributed by atoms with Gasteiger partial charge >= 0.3 is 0 Å². The zero-order valence-electron chi connectivity index (χ0n) is 21.1. The second-order valence-corrected chi connectivity index (χ2v) is 9.80. The molecule has 1 fully saturated rings. The van der Waals surface area contributed by atoms with Gasteiger partial charge in [0.25, 0.3) is 5.91 Å². The van der Waals surface area contributed by atoms with Gasteiger partial charge in [0.15, 0.2) is 0 Å². The highest BCUT2D eigenvalue weighted by Gasteiger charge is 2.35. The molecule has 5 nitrogen and oxygen atoms in total. The van der Waals surface area contributed by atoms with E-state index in [2.05, 4.69) is 42.2 Å². The summed E-state index contributed by atoms with van der Waals surface area (Å²) in [6.07, 6.45) is 5.60. The van der Waals surface area contributed by atoms with Gasteiger partial charge in [0, 0.05) is 18.7 Å². The molecule has 1 amide bonds. The molecule has 2 heterocycles. The number of piperidine rings is 1. The molecule has 0 saturated carbocycles. The first-order valence-electron chi connectivity index (χ1n) is 13.2. The first-order valence-corrected chi connectivity index (χ1v) is 13.2. The summed E-state index contributed by atoms with van der Waals surface area (Å²) in [5.41, 5.74) is 4.56. The Morgan fingerprint density at radius 3 is 2.39 bits per heavy atom. The number of amides is 1. The van der Waals surface area contributed by atoms with Crippen molar-refractivity contribution >= 4 is 23.0 Å². The van der Waals surface area contributed by atoms with Crippen LogP contribution >= 0.6 is 0 Å². The standard InChI is InChI=1S/C31H35N3O2/c1-2-3-21-36-27-15-13-26(14-16-27)32-30-28-11-7-8-12-29(28)34(31(30)35)23-33-19-17-25(18-20-33)22-24-9-5-4-6-10-24/h4-16,25H,2-3,17-23H2,1H3. The topological polar surface area (TPSA) is 45.1 Å². The Balaban J connectivity index is 1.24. The molecule has 2 aliphatic rings. The molecule has 186 valence electrons. The number of para-hydroxylation sites is 1. The van der Waals surface area contributed by atoms with E-state index in [1.54, 1.807) is 0 Å². The van der Waals surface area contributed by atoms with E-state index in [1.165, 1.54) is 5.56 Å². The summed E-state index contributed by atoms with van der Waals surface area (Å²) in [6, 6.07) is 26.5. The first-order chi connectivity index (χ1) is 17.7. The number of unbranched alkanes of at least 4 members (excludes halogenated alkanes) is 1. The van der Waals surface area contributed by atoms with Crippen molar-refractivity contribution in [2.24, 2.45) is 10.9 Å². The van der Waals surface area contributed by atoms with Crippen LogP contribution < -0.4 is 9.64 Å². The van der Waals surface area contributed by atoms with Gasteiger partial charge in [-0.25, -0.2) is 4.99 Å². The molecule has 0 N–H and O–H groups in total. The number of rotatable bonds is 9. The van der Waals surface area contributed by atoms with E-state index in [4.69, 9.17) is 9.73 Å². The third kappa shape index (κ3) is 5.68. The summed E-state index contributed by atoms with van der Waals surface area (Å²) < 4.78 is 5.76. The molecular weight excluding hydrogens is 446 g/mol. The number of benzene rings is 3. The molecule has 36 heavy (non-hydrogen) atoms. The Morgan fingerprint density at radius 1 is 0.917 bits per heavy atom. The summed E-state index contributed by atoms with van der Waals surface area (Å²) in [7, 11) is 0. The lowest BCUT2D eigenvalue weighted by atomic mass is 9.90. The van der Waals surface area contributed by atoms with Crippen molar-refractivity contribution in [1.29, 1.82) is 0 Å². The van der Waals surface area contributed by atoms with Crippen LogP contribution in [0.2, 0.25) is 0 Å². The van der Waals surface area contributed by atoms with E-state index in [0.717, 1.165) is 67.9 Å². The third-order valence-corrected chi connectivity index (χ3v) is 7.16. The number of nitrogens with zero attached hydrogens (tertiary/aromatic N) is 3. The minimum atomic E-state index is -0.0223. The number of anilines is 1. The Hall–Kier alpha value is -3.44. The SMILES string of the molecule is CCCCOc1ccc(N=C2C(=O)N(CN3CCC(Cc4ccccc4)CC3)c3ccccc32)cc1. The molecule has 1 saturated heterocycles. The number of fused-ring (bicyclic) bond motifs is 1. The highest BCUT2D eigenvalue weighted by atomic mass is 16.5. The number of hydrogen-bond donors (Lipinski definition) is 0. The fraction of sp³-hybridized carbons (Fsp3) is 0.355. The van der Waals surface area contributed by atoms with Crippen molar-refractivity contribution in [2.75, 3.05) is 31.3 Å². The summed E-state index contributed by atoms with van der Waals surface area (Å²) in [6.45, 7) is 5.49. The van der Waals surface area contributed by atoms with Crippen LogP contribution in [-0.4, -0.2) is 42.9 Å². The van der Waals surface area contributed by atoms with Crippen molar-refractivity contribution in [3.05, 3.63) is 90.0 Å². The summed E-state index contributed by atoms with van der Waals surface area (Å²) in [5.74, 6) is 1.52. The highest BCUT2D eigenvalue weighted by molar-refractivity contribution is 6.54. The van der Waals surface area contributed by atoms with Crippen molar-refractivity contribution in [2.45, 2.75) is 39.0 Å². The molecule has 0 aliphatic carbocycles. The molecule has 0 spiro atoms. The first kappa shape index (κ1) is 24.3. The average Bonchev–Trinajstić information content (AvgIpc) is 3.17. The van der Waals surface area contributed by atoms with Gasteiger partial charge in [-0.2, -0.15) is 0 Å². The molecule has 3 aromatic rings. The van der Waals surface area contributed by atoms with Crippen molar-refractivity contribution < 1.29 is 9.53 Å². The minimum absolute atomic E-state index is 0.0223. The average molecular weight is 482 g/mol. The number of hydrogen-bond acceptors (Lipinski definition) is 4. The molecule has 2 aliphatic heterocycles. The molecule has 0 bridgehead atoms. The summed E-state index contributed by atoms with van der Waals surface area (Å²) >= 11 is 0. The molecule has 0 atom stereocenters. The van der Waals surface area contributed by atoms with Crippen LogP contribution in [-0.2, 0) is 11.2 Å². The Morgan fingerprint density at radius 2 is 1.64 bits per heavy atom. The van der Waals surface area contributed by atoms with Gasteiger partial charge in [-0.3, -0.25) is 14.6 Å². The number of carbonyl (C=O) groups excluding carboxylic acids is 1. The smallest absolute Gasteiger partial charge is 0.278 e. The zero-order valence-corrected chi connectivity index (χ0v) is 21.1. The van der Waals surface area contributed by atoms with Crippen molar-refractivity contribution in [3.63, 3.8) is 0 Å². The van der Waals surface area contributed by atoms with Gasteiger partial charge in [0.1, 0.15) is 11.5 Å². The normalized spacial score (nSPS) is 17.5. The van der Waals surface area contributed by atoms with Crippen molar-refractivity contribution in [3.8, 4) is 5.75 Å². The van der Waals surface area contributed by atoms with Gasteiger partial charge < -0.3 is 4.74 Å². The van der Waals surface area contributed by atoms with Gasteiger partial charge in [-0.15, -0.1) is 0 Å². The summed E-state index contributed by atoms with van der Waals surface area (Å²) in [4.78, 5) is 22.6. The summed E-state index contributed by atoms with van der Waals surface area (Å²) in [5, 5.41) is 0. The molecule has 0 unspecified atom stereocenters. The van der Waals surface area contributed by atoms with Gasteiger partial charge in [0.05, 0.1) is 24.7 Å². The number of likely N-dealkylation sites (tertiary alicyclic amines) is 1. The molecule has 5 heteroatoms. The Bertz CT molecular complexity index is 1180. The third-order valence-electron chi connectivity index (χ3n) is 7.16. The van der Waals surface area contributed by atoms with Gasteiger partial charge in [-0.05, 0) is 67.5 Å². The molecule has 3 aromatic carbocycles. The van der Waals surface area contributed by atoms with E-state index in [9.17, 15) is 4.79 Å². The molecule has 0 radical (unpaired) electrons. The van der Waals surface area contributed by atoms with E-state index < -0.39 is 0 Å². The van der Waals surface area contributed by atoms with E-state index >= 15 is 0 Å². The largest absolute Gasteiger partial charge is 0.494 e. The maximum atomic E-state index is 13.5. The van der Waals surface area contributed by atoms with Crippen LogP contribution in [0, 0.1) is 5.92 Å². The Kier molecular flexibility index (Phi) is 7.77. The van der Waals surface area contributed by atoms with E-state index in [1.807, 2.05) is 53.4 Å². The highest BCUT2D eigenvalue weighted by Crippen LogP contribution is 2.32. The van der Waals surface area contributed by atoms with Gasteiger partial charge in [-0.1, -0.05) is 61.9 Å². The fourth-order valence-electron chi connectivity index (χ4n) is 5.07. The van der Waals surface area contributed by atoms with E-state index in [0.29, 0.717) is 24.9 Å². The maximum Gasteiger partial charge on any atom is 0.278 e. The second-order valence-electron chi connectivity index (χ2n) is 9.80. The lowest BCUT2D eigenvalue weighted by Gasteiger charge is -2.34. The molecular formula is C31H35N3O2. The van der Waals surface area contributed by atoms with Crippen LogP contribution in [0.5, 0.6) is 5.75 Å². The minimum Gasteiger partial charge on any atom is -0.494 e. The van der Waals surface area contributed by atoms with Crippen LogP contribution in [0.25, 0.3) is 0 Å². The lowest BCUT2D eigenvalue weighted by molar-refractivity contribution is -0.112. The Labute approximate surface area is 214 Å². The maximum absolute atomic E-state index is 13.5. The van der Waals surface area contributed by atoms with Gasteiger partial charge in [0.2, 0.25) is 0 Å². The van der Waals surface area contributed by atoms with Crippen LogP contribution in [0.3, 0.4) is 0 Å². The predicted molar refractivity (Wildman–Crippen MR) is 146 cm³/mol. The zero-order chi connectivity index (χ0) is 24.7. The van der Waals surface area contributed by atoms with Crippen LogP contribution in [0.15, 0.2) is 83.9 Å². The van der Waals surface area contributed by atoms with Crippen LogP contribution in [0.4, 0.5) is 11.4 Å². The lowest BCUT2D eigenvalue weighted by Crippen LogP contribution is -2.44. The molecule has 5 rings (SSSR count). The van der Waals surface area contributed by atoms with Crippen molar-refractivity contribution in [1.82, 2.24) is 4.90 Å². The monoisotopic (exact) mass is 481 g/mol. The molecule has 0 aromatic heterocycles. The van der Waals surface area contributed by atoms with E-state index in [-0.39, 0.29) is 5.91 Å².